The summed E-state index contributed by atoms with van der Waals surface area (Å²) in [6.45, 7) is 2.91. The van der Waals surface area contributed by atoms with E-state index in [9.17, 15) is 5.11 Å². The lowest BCUT2D eigenvalue weighted by Gasteiger charge is -2.18. The van der Waals surface area contributed by atoms with E-state index in [4.69, 9.17) is 0 Å². The molecule has 0 radical (unpaired) electrons. The molecule has 3 rings (SSSR count). The van der Waals surface area contributed by atoms with Crippen LogP contribution in [0.3, 0.4) is 0 Å². The van der Waals surface area contributed by atoms with Crippen LogP contribution in [-0.2, 0) is 13.1 Å². The fourth-order valence-electron chi connectivity index (χ4n) is 2.77. The summed E-state index contributed by atoms with van der Waals surface area (Å²) in [5.74, 6) is 0. The third-order valence-electron chi connectivity index (χ3n) is 3.89. The van der Waals surface area contributed by atoms with Crippen LogP contribution in [0.2, 0.25) is 0 Å². The van der Waals surface area contributed by atoms with E-state index in [2.05, 4.69) is 45.1 Å². The second kappa shape index (κ2) is 6.08. The lowest BCUT2D eigenvalue weighted by molar-refractivity contribution is 0.141. The number of benzene rings is 2. The highest BCUT2D eigenvalue weighted by atomic mass is 79.9. The molecule has 1 atom stereocenters. The number of hydrogen-bond acceptors (Lipinski definition) is 2. The Morgan fingerprint density at radius 3 is 2.25 bits per heavy atom. The van der Waals surface area contributed by atoms with E-state index in [-0.39, 0.29) is 0 Å². The van der Waals surface area contributed by atoms with Crippen molar-refractivity contribution in [2.24, 2.45) is 0 Å². The molecule has 2 aromatic carbocycles. The lowest BCUT2D eigenvalue weighted by atomic mass is 10.1. The highest BCUT2D eigenvalue weighted by Crippen LogP contribution is 2.27. The van der Waals surface area contributed by atoms with Crippen LogP contribution in [0.5, 0.6) is 0 Å². The molecule has 0 saturated heterocycles. The fourth-order valence-corrected chi connectivity index (χ4v) is 3.32. The second-order valence-corrected chi connectivity index (χ2v) is 6.16. The van der Waals surface area contributed by atoms with Crippen molar-refractivity contribution in [3.63, 3.8) is 0 Å². The molecule has 0 saturated carbocycles. The average Bonchev–Trinajstić information content (AvgIpc) is 2.88. The van der Waals surface area contributed by atoms with E-state index in [0.29, 0.717) is 0 Å². The largest absolute Gasteiger partial charge is 0.388 e. The van der Waals surface area contributed by atoms with E-state index >= 15 is 0 Å². The van der Waals surface area contributed by atoms with Gasteiger partial charge in [-0.15, -0.1) is 0 Å². The minimum Gasteiger partial charge on any atom is -0.388 e. The Morgan fingerprint density at radius 2 is 1.60 bits per heavy atom. The summed E-state index contributed by atoms with van der Waals surface area (Å²) in [5.41, 5.74) is 3.81. The molecule has 2 nitrogen and oxygen atoms in total. The van der Waals surface area contributed by atoms with Crippen molar-refractivity contribution in [2.45, 2.75) is 25.6 Å². The molecule has 1 aliphatic rings. The van der Waals surface area contributed by atoms with Gasteiger partial charge in [-0.05, 0) is 29.2 Å². The summed E-state index contributed by atoms with van der Waals surface area (Å²) in [4.78, 5) is 2.39. The Labute approximate surface area is 128 Å². The first kappa shape index (κ1) is 13.8. The van der Waals surface area contributed by atoms with E-state index < -0.39 is 6.10 Å². The van der Waals surface area contributed by atoms with Crippen molar-refractivity contribution < 1.29 is 5.11 Å². The topological polar surface area (TPSA) is 23.5 Å². The van der Waals surface area contributed by atoms with Gasteiger partial charge in [0.2, 0.25) is 0 Å². The van der Waals surface area contributed by atoms with Crippen LogP contribution < -0.4 is 0 Å². The number of nitrogens with zero attached hydrogens (tertiary/aromatic N) is 1. The van der Waals surface area contributed by atoms with Gasteiger partial charge in [0.25, 0.3) is 0 Å². The van der Waals surface area contributed by atoms with Crippen molar-refractivity contribution in [3.05, 3.63) is 69.7 Å². The van der Waals surface area contributed by atoms with Gasteiger partial charge in [-0.3, -0.25) is 4.90 Å². The molecule has 0 aromatic heterocycles. The molecule has 0 fully saturated rings. The van der Waals surface area contributed by atoms with Crippen LogP contribution >= 0.6 is 15.9 Å². The molecular formula is C17H18BrNO. The van der Waals surface area contributed by atoms with Gasteiger partial charge < -0.3 is 5.11 Å². The van der Waals surface area contributed by atoms with Crippen molar-refractivity contribution in [1.29, 1.82) is 0 Å². The quantitative estimate of drug-likeness (QED) is 0.918. The minimum absolute atomic E-state index is 0.408. The number of aliphatic hydroxyl groups excluding tert-OH is 1. The smallest absolute Gasteiger partial charge is 0.0813 e. The Bertz CT molecular complexity index is 574. The van der Waals surface area contributed by atoms with E-state index in [1.165, 1.54) is 11.1 Å². The van der Waals surface area contributed by atoms with Crippen LogP contribution in [0.25, 0.3) is 0 Å². The standard InChI is InChI=1S/C17H18BrNO/c18-16-8-4-3-7-15(16)17(20)9-10-19-11-13-5-1-2-6-14(13)12-19/h1-8,17,20H,9-12H2. The summed E-state index contributed by atoms with van der Waals surface area (Å²) in [5, 5.41) is 10.3. The monoisotopic (exact) mass is 331 g/mol. The maximum atomic E-state index is 10.3. The highest BCUT2D eigenvalue weighted by Gasteiger charge is 2.19. The molecule has 1 heterocycles. The van der Waals surface area contributed by atoms with Crippen LogP contribution in [0.4, 0.5) is 0 Å². The number of hydrogen-bond donors (Lipinski definition) is 1. The van der Waals surface area contributed by atoms with Gasteiger partial charge in [0.15, 0.2) is 0 Å². The van der Waals surface area contributed by atoms with E-state index in [1.54, 1.807) is 0 Å². The fraction of sp³-hybridized carbons (Fsp3) is 0.294. The Kier molecular flexibility index (Phi) is 4.20. The lowest BCUT2D eigenvalue weighted by Crippen LogP contribution is -2.19. The van der Waals surface area contributed by atoms with Crippen LogP contribution in [-0.4, -0.2) is 16.6 Å². The molecule has 104 valence electrons. The van der Waals surface area contributed by atoms with Crippen molar-refractivity contribution in [3.8, 4) is 0 Å². The molecule has 2 aromatic rings. The van der Waals surface area contributed by atoms with Crippen molar-refractivity contribution >= 4 is 15.9 Å². The van der Waals surface area contributed by atoms with Crippen molar-refractivity contribution in [1.82, 2.24) is 4.90 Å². The molecule has 3 heteroatoms. The molecule has 1 aliphatic heterocycles. The SMILES string of the molecule is OC(CCN1Cc2ccccc2C1)c1ccccc1Br. The van der Waals surface area contributed by atoms with E-state index in [1.807, 2.05) is 24.3 Å². The molecule has 0 amide bonds. The van der Waals surface area contributed by atoms with Gasteiger partial charge in [0.05, 0.1) is 6.10 Å². The number of halogens is 1. The van der Waals surface area contributed by atoms with Gasteiger partial charge in [0.1, 0.15) is 0 Å². The van der Waals surface area contributed by atoms with Crippen LogP contribution in [0.1, 0.15) is 29.2 Å². The van der Waals surface area contributed by atoms with Gasteiger partial charge in [0, 0.05) is 24.1 Å². The third-order valence-corrected chi connectivity index (χ3v) is 4.61. The summed E-state index contributed by atoms with van der Waals surface area (Å²) >= 11 is 3.50. The molecule has 0 bridgehead atoms. The maximum Gasteiger partial charge on any atom is 0.0813 e. The zero-order valence-corrected chi connectivity index (χ0v) is 12.9. The average molecular weight is 332 g/mol. The Hall–Kier alpha value is -1.16. The zero-order chi connectivity index (χ0) is 13.9. The normalized spacial score (nSPS) is 16.1. The van der Waals surface area contributed by atoms with Gasteiger partial charge in [-0.1, -0.05) is 58.4 Å². The first-order valence-corrected chi connectivity index (χ1v) is 7.75. The van der Waals surface area contributed by atoms with Crippen LogP contribution in [0, 0.1) is 0 Å². The number of aliphatic hydroxyl groups is 1. The molecule has 20 heavy (non-hydrogen) atoms. The predicted octanol–water partition coefficient (Wildman–Crippen LogP) is 3.89. The molecule has 1 unspecified atom stereocenters. The molecule has 1 N–H and O–H groups in total. The Balaban J connectivity index is 1.58. The number of rotatable bonds is 4. The summed E-state index contributed by atoms with van der Waals surface area (Å²) in [6, 6.07) is 16.5. The Morgan fingerprint density at radius 1 is 1.00 bits per heavy atom. The molecule has 0 aliphatic carbocycles. The van der Waals surface area contributed by atoms with E-state index in [0.717, 1.165) is 36.1 Å². The molecule has 0 spiro atoms. The first-order valence-electron chi connectivity index (χ1n) is 6.95. The predicted molar refractivity (Wildman–Crippen MR) is 84.3 cm³/mol. The zero-order valence-electron chi connectivity index (χ0n) is 11.3. The summed E-state index contributed by atoms with van der Waals surface area (Å²) in [7, 11) is 0. The first-order chi connectivity index (χ1) is 9.74. The maximum absolute atomic E-state index is 10.3. The second-order valence-electron chi connectivity index (χ2n) is 5.31. The minimum atomic E-state index is -0.408. The van der Waals surface area contributed by atoms with Gasteiger partial charge in [-0.2, -0.15) is 0 Å². The summed E-state index contributed by atoms with van der Waals surface area (Å²) in [6.07, 6.45) is 0.352. The highest BCUT2D eigenvalue weighted by molar-refractivity contribution is 9.10. The van der Waals surface area contributed by atoms with Gasteiger partial charge in [-0.25, -0.2) is 0 Å². The third kappa shape index (κ3) is 2.95. The summed E-state index contributed by atoms with van der Waals surface area (Å²) < 4.78 is 0.984. The van der Waals surface area contributed by atoms with Gasteiger partial charge >= 0.3 is 0 Å². The van der Waals surface area contributed by atoms with Crippen LogP contribution in [0.15, 0.2) is 53.0 Å². The van der Waals surface area contributed by atoms with Crippen molar-refractivity contribution in [2.75, 3.05) is 6.54 Å². The molecular weight excluding hydrogens is 314 g/mol. The number of fused-ring (bicyclic) bond motifs is 1.